The topological polar surface area (TPSA) is 68.9 Å². The molecule has 0 saturated heterocycles. The van der Waals surface area contributed by atoms with Crippen LogP contribution in [0.3, 0.4) is 0 Å². The number of hydrogen-bond donors (Lipinski definition) is 3. The number of anilines is 2. The largest absolute Gasteiger partial charge is 0.362 e. The Bertz CT molecular complexity index is 1340. The van der Waals surface area contributed by atoms with E-state index >= 15 is 0 Å². The fourth-order valence-electron chi connectivity index (χ4n) is 5.67. The minimum absolute atomic E-state index is 0.414. The van der Waals surface area contributed by atoms with E-state index in [1.165, 1.54) is 48.6 Å². The molecule has 7 heteroatoms. The highest BCUT2D eigenvalue weighted by molar-refractivity contribution is 9.10. The van der Waals surface area contributed by atoms with Gasteiger partial charge < -0.3 is 20.5 Å². The summed E-state index contributed by atoms with van der Waals surface area (Å²) in [6.07, 6.45) is 8.34. The molecular formula is C27H31BrN6. The Kier molecular flexibility index (Phi) is 5.49. The summed E-state index contributed by atoms with van der Waals surface area (Å²) in [5.74, 6) is 1.73. The summed E-state index contributed by atoms with van der Waals surface area (Å²) in [4.78, 5) is 15.1. The van der Waals surface area contributed by atoms with Crippen LogP contribution in [-0.4, -0.2) is 41.1 Å². The van der Waals surface area contributed by atoms with Crippen molar-refractivity contribution in [3.05, 3.63) is 58.7 Å². The molecule has 1 unspecified atom stereocenters. The Morgan fingerprint density at radius 2 is 1.91 bits per heavy atom. The molecule has 4 aromatic rings. The average Bonchev–Trinajstić information content (AvgIpc) is 3.33. The van der Waals surface area contributed by atoms with Crippen LogP contribution in [0.5, 0.6) is 0 Å². The molecule has 0 aliphatic heterocycles. The molecule has 6 rings (SSSR count). The van der Waals surface area contributed by atoms with Crippen molar-refractivity contribution in [1.29, 1.82) is 0 Å². The zero-order chi connectivity index (χ0) is 23.3. The van der Waals surface area contributed by atoms with Crippen LogP contribution in [0.4, 0.5) is 11.8 Å². The van der Waals surface area contributed by atoms with Gasteiger partial charge in [0.2, 0.25) is 5.95 Å². The predicted molar refractivity (Wildman–Crippen MR) is 143 cm³/mol. The van der Waals surface area contributed by atoms with Crippen molar-refractivity contribution in [2.24, 2.45) is 5.41 Å². The highest BCUT2D eigenvalue weighted by Gasteiger charge is 2.55. The Hall–Kier alpha value is -2.64. The quantitative estimate of drug-likeness (QED) is 0.299. The molecule has 0 bridgehead atoms. The van der Waals surface area contributed by atoms with E-state index in [1.54, 1.807) is 0 Å². The molecule has 2 fully saturated rings. The Balaban J connectivity index is 1.07. The van der Waals surface area contributed by atoms with Gasteiger partial charge in [0, 0.05) is 59.7 Å². The molecule has 2 aliphatic rings. The van der Waals surface area contributed by atoms with Crippen molar-refractivity contribution >= 4 is 49.5 Å². The number of rotatable bonds is 6. The van der Waals surface area contributed by atoms with Crippen LogP contribution in [0.25, 0.3) is 21.8 Å². The van der Waals surface area contributed by atoms with Crippen LogP contribution in [0.1, 0.15) is 37.7 Å². The molecule has 2 aromatic heterocycles. The minimum Gasteiger partial charge on any atom is -0.362 e. The van der Waals surface area contributed by atoms with E-state index in [4.69, 9.17) is 9.97 Å². The summed E-state index contributed by atoms with van der Waals surface area (Å²) in [5.41, 5.74) is 3.95. The summed E-state index contributed by atoms with van der Waals surface area (Å²) >= 11 is 3.60. The minimum atomic E-state index is 0.414. The summed E-state index contributed by atoms with van der Waals surface area (Å²) in [6.45, 7) is 0.911. The smallest absolute Gasteiger partial charge is 0.225 e. The van der Waals surface area contributed by atoms with Crippen molar-refractivity contribution in [3.63, 3.8) is 0 Å². The molecule has 0 radical (unpaired) electrons. The first-order valence-corrected chi connectivity index (χ1v) is 13.0. The zero-order valence-electron chi connectivity index (χ0n) is 19.7. The molecule has 1 atom stereocenters. The Morgan fingerprint density at radius 3 is 2.74 bits per heavy atom. The van der Waals surface area contributed by atoms with Gasteiger partial charge in [-0.1, -0.05) is 28.1 Å². The van der Waals surface area contributed by atoms with Crippen LogP contribution in [-0.2, 0) is 6.54 Å². The van der Waals surface area contributed by atoms with Gasteiger partial charge in [0.25, 0.3) is 0 Å². The van der Waals surface area contributed by atoms with Crippen LogP contribution < -0.4 is 15.5 Å². The summed E-state index contributed by atoms with van der Waals surface area (Å²) < 4.78 is 1.13. The van der Waals surface area contributed by atoms with Crippen LogP contribution in [0.2, 0.25) is 0 Å². The highest BCUT2D eigenvalue weighted by atomic mass is 79.9. The van der Waals surface area contributed by atoms with E-state index in [1.807, 2.05) is 26.2 Å². The standard InChI is InChI=1S/C27H31BrN6/c1-34(2)25-20-5-3-4-6-23(20)31-26(33-25)32-24-14-27(24)11-9-19(10-12-27)29-15-17-16-30-22-8-7-18(28)13-21(17)22/h3-8,13,16,19,24,29-30H,9-12,14-15H2,1-2H3,(H,31,32,33). The molecule has 2 heterocycles. The summed E-state index contributed by atoms with van der Waals surface area (Å²) in [5, 5.41) is 9.89. The first-order valence-electron chi connectivity index (χ1n) is 12.2. The van der Waals surface area contributed by atoms with E-state index in [0.717, 1.165) is 33.7 Å². The van der Waals surface area contributed by atoms with Crippen molar-refractivity contribution in [3.8, 4) is 0 Å². The van der Waals surface area contributed by atoms with Gasteiger partial charge in [-0.05, 0) is 73.4 Å². The predicted octanol–water partition coefficient (Wildman–Crippen LogP) is 5.84. The van der Waals surface area contributed by atoms with Gasteiger partial charge in [0.1, 0.15) is 5.82 Å². The fraction of sp³-hybridized carbons (Fsp3) is 0.407. The fourth-order valence-corrected chi connectivity index (χ4v) is 6.03. The monoisotopic (exact) mass is 518 g/mol. The molecule has 34 heavy (non-hydrogen) atoms. The van der Waals surface area contributed by atoms with Gasteiger partial charge in [-0.15, -0.1) is 0 Å². The maximum atomic E-state index is 4.85. The maximum absolute atomic E-state index is 4.85. The van der Waals surface area contributed by atoms with E-state index < -0.39 is 0 Å². The average molecular weight is 519 g/mol. The second kappa shape index (κ2) is 8.54. The third kappa shape index (κ3) is 4.05. The van der Waals surface area contributed by atoms with Gasteiger partial charge in [-0.25, -0.2) is 4.98 Å². The van der Waals surface area contributed by atoms with Crippen molar-refractivity contribution < 1.29 is 0 Å². The number of aromatic nitrogens is 3. The summed E-state index contributed by atoms with van der Waals surface area (Å²) in [6, 6.07) is 15.7. The van der Waals surface area contributed by atoms with Crippen molar-refractivity contribution in [2.75, 3.05) is 24.3 Å². The lowest BCUT2D eigenvalue weighted by Crippen LogP contribution is -2.34. The van der Waals surface area contributed by atoms with Crippen LogP contribution in [0.15, 0.2) is 53.1 Å². The van der Waals surface area contributed by atoms with E-state index in [2.05, 4.69) is 73.0 Å². The third-order valence-corrected chi connectivity index (χ3v) is 8.29. The first kappa shape index (κ1) is 21.9. The van der Waals surface area contributed by atoms with Gasteiger partial charge in [0.05, 0.1) is 5.52 Å². The van der Waals surface area contributed by atoms with Gasteiger partial charge >= 0.3 is 0 Å². The third-order valence-electron chi connectivity index (χ3n) is 7.79. The zero-order valence-corrected chi connectivity index (χ0v) is 21.3. The van der Waals surface area contributed by atoms with E-state index in [0.29, 0.717) is 17.5 Å². The summed E-state index contributed by atoms with van der Waals surface area (Å²) in [7, 11) is 4.08. The molecule has 3 N–H and O–H groups in total. The number of aromatic amines is 1. The Labute approximate surface area is 208 Å². The molecule has 2 aliphatic carbocycles. The maximum Gasteiger partial charge on any atom is 0.225 e. The lowest BCUT2D eigenvalue weighted by atomic mass is 9.82. The van der Waals surface area contributed by atoms with Gasteiger partial charge in [-0.3, -0.25) is 0 Å². The van der Waals surface area contributed by atoms with E-state index in [9.17, 15) is 0 Å². The molecule has 176 valence electrons. The number of nitrogens with zero attached hydrogens (tertiary/aromatic N) is 3. The molecule has 6 nitrogen and oxygen atoms in total. The normalized spacial score (nSPS) is 24.1. The first-order chi connectivity index (χ1) is 16.5. The number of hydrogen-bond acceptors (Lipinski definition) is 5. The van der Waals surface area contributed by atoms with Crippen LogP contribution >= 0.6 is 15.9 Å². The second-order valence-corrected chi connectivity index (χ2v) is 11.1. The number of H-pyrrole nitrogens is 1. The SMILES string of the molecule is CN(C)c1nc(NC2CC23CCC(NCc2c[nH]c4ccc(Br)cc24)CC3)nc2ccccc12. The molecule has 1 spiro atoms. The number of benzene rings is 2. The molecule has 2 aromatic carbocycles. The number of nitrogens with one attached hydrogen (secondary N) is 3. The second-order valence-electron chi connectivity index (χ2n) is 10.2. The lowest BCUT2D eigenvalue weighted by Gasteiger charge is -2.30. The number of fused-ring (bicyclic) bond motifs is 2. The van der Waals surface area contributed by atoms with Crippen molar-refractivity contribution in [2.45, 2.75) is 50.7 Å². The molecular weight excluding hydrogens is 488 g/mol. The van der Waals surface area contributed by atoms with Gasteiger partial charge in [0.15, 0.2) is 0 Å². The molecule has 2 saturated carbocycles. The highest BCUT2D eigenvalue weighted by Crippen LogP contribution is 2.57. The van der Waals surface area contributed by atoms with Gasteiger partial charge in [-0.2, -0.15) is 4.98 Å². The van der Waals surface area contributed by atoms with Crippen molar-refractivity contribution in [1.82, 2.24) is 20.3 Å². The Morgan fingerprint density at radius 1 is 1.09 bits per heavy atom. The van der Waals surface area contributed by atoms with E-state index in [-0.39, 0.29) is 0 Å². The van der Waals surface area contributed by atoms with Crippen LogP contribution in [0, 0.1) is 5.41 Å². The number of halogens is 1. The number of para-hydroxylation sites is 1. The molecule has 0 amide bonds. The lowest BCUT2D eigenvalue weighted by molar-refractivity contribution is 0.269.